The van der Waals surface area contributed by atoms with Crippen LogP contribution in [0.4, 0.5) is 4.39 Å². The number of halogens is 1. The molecule has 8 nitrogen and oxygen atoms in total. The minimum absolute atomic E-state index is 0.0462. The lowest BCUT2D eigenvalue weighted by Crippen LogP contribution is -2.51. The molecule has 0 radical (unpaired) electrons. The van der Waals surface area contributed by atoms with Crippen LogP contribution in [0.5, 0.6) is 0 Å². The van der Waals surface area contributed by atoms with E-state index in [0.717, 1.165) is 4.88 Å². The molecule has 30 heavy (non-hydrogen) atoms. The van der Waals surface area contributed by atoms with Crippen LogP contribution in [0.3, 0.4) is 0 Å². The summed E-state index contributed by atoms with van der Waals surface area (Å²) in [6, 6.07) is 9.71. The van der Waals surface area contributed by atoms with E-state index >= 15 is 0 Å². The van der Waals surface area contributed by atoms with Crippen molar-refractivity contribution in [3.63, 3.8) is 0 Å². The Labute approximate surface area is 176 Å². The molecule has 1 aliphatic heterocycles. The first-order valence-electron chi connectivity index (χ1n) is 9.54. The number of amides is 2. The summed E-state index contributed by atoms with van der Waals surface area (Å²) in [7, 11) is 1.61. The molecule has 1 fully saturated rings. The number of carbonyl (C=O) groups is 2. The van der Waals surface area contributed by atoms with Gasteiger partial charge in [-0.3, -0.25) is 14.5 Å². The molecular weight excluding hydrogens is 407 g/mol. The van der Waals surface area contributed by atoms with Gasteiger partial charge in [-0.05, 0) is 35.7 Å². The summed E-state index contributed by atoms with van der Waals surface area (Å²) < 4.78 is 14.9. The number of hydrogen-bond acceptors (Lipinski definition) is 6. The second kappa shape index (κ2) is 8.72. The monoisotopic (exact) mass is 428 g/mol. The van der Waals surface area contributed by atoms with E-state index in [2.05, 4.69) is 15.4 Å². The summed E-state index contributed by atoms with van der Waals surface area (Å²) in [5.74, 6) is -0.00788. The summed E-state index contributed by atoms with van der Waals surface area (Å²) >= 11 is 1.49. The van der Waals surface area contributed by atoms with Crippen LogP contribution in [-0.4, -0.2) is 76.2 Å². The molecule has 2 aromatic heterocycles. The van der Waals surface area contributed by atoms with Crippen molar-refractivity contribution in [2.75, 3.05) is 39.8 Å². The number of aromatic nitrogens is 3. The number of nitrogens with one attached hydrogen (secondary N) is 1. The molecule has 3 heterocycles. The molecule has 1 aromatic carbocycles. The number of thiophene rings is 1. The van der Waals surface area contributed by atoms with Gasteiger partial charge in [0.25, 0.3) is 5.91 Å². The lowest BCUT2D eigenvalue weighted by Gasteiger charge is -2.33. The molecule has 1 aliphatic rings. The zero-order valence-electron chi connectivity index (χ0n) is 16.4. The summed E-state index contributed by atoms with van der Waals surface area (Å²) in [5, 5.41) is 8.97. The highest BCUT2D eigenvalue weighted by molar-refractivity contribution is 7.13. The number of nitrogens with zero attached hydrogens (tertiary/aromatic N) is 5. The summed E-state index contributed by atoms with van der Waals surface area (Å²) in [5.41, 5.74) is 0.627. The Kier molecular flexibility index (Phi) is 5.86. The SMILES string of the molecule is CNC(=O)CN1CCN(C(=O)c2nc(-c3cccs3)n(-c3ccc(F)cc3)n2)CC1. The van der Waals surface area contributed by atoms with Crippen molar-refractivity contribution in [2.24, 2.45) is 0 Å². The number of piperazine rings is 1. The molecule has 3 aromatic rings. The first kappa shape index (κ1) is 20.2. The molecule has 156 valence electrons. The molecule has 1 saturated heterocycles. The maximum absolute atomic E-state index is 13.4. The first-order valence-corrected chi connectivity index (χ1v) is 10.4. The molecule has 0 unspecified atom stereocenters. The highest BCUT2D eigenvalue weighted by Gasteiger charge is 2.27. The number of rotatable bonds is 5. The molecule has 0 spiro atoms. The van der Waals surface area contributed by atoms with Crippen LogP contribution in [0.1, 0.15) is 10.6 Å². The minimum atomic E-state index is -0.345. The Hall–Kier alpha value is -3.11. The van der Waals surface area contributed by atoms with Crippen molar-refractivity contribution in [2.45, 2.75) is 0 Å². The maximum atomic E-state index is 13.4. The molecular formula is C20H21FN6O2S. The van der Waals surface area contributed by atoms with E-state index in [0.29, 0.717) is 44.2 Å². The zero-order chi connectivity index (χ0) is 21.1. The predicted octanol–water partition coefficient (Wildman–Crippen LogP) is 1.64. The summed E-state index contributed by atoms with van der Waals surface area (Å²) in [6.07, 6.45) is 0. The van der Waals surface area contributed by atoms with E-state index < -0.39 is 0 Å². The van der Waals surface area contributed by atoms with Crippen LogP contribution in [0.2, 0.25) is 0 Å². The van der Waals surface area contributed by atoms with Crippen LogP contribution in [0.15, 0.2) is 41.8 Å². The van der Waals surface area contributed by atoms with Crippen LogP contribution in [0.25, 0.3) is 16.4 Å². The van der Waals surface area contributed by atoms with Crippen molar-refractivity contribution in [1.82, 2.24) is 29.9 Å². The highest BCUT2D eigenvalue weighted by atomic mass is 32.1. The Morgan fingerprint density at radius 3 is 2.50 bits per heavy atom. The van der Waals surface area contributed by atoms with Gasteiger partial charge in [-0.1, -0.05) is 6.07 Å². The standard InChI is InChI=1S/C20H21FN6O2S/c1-22-17(28)13-25-8-10-26(11-9-25)20(29)18-23-19(16-3-2-12-30-16)27(24-18)15-6-4-14(21)5-7-15/h2-7,12H,8-11,13H2,1H3,(H,22,28). The van der Waals surface area contributed by atoms with E-state index in [-0.39, 0.29) is 23.5 Å². The average Bonchev–Trinajstić information content (AvgIpc) is 3.44. The van der Waals surface area contributed by atoms with Crippen LogP contribution in [-0.2, 0) is 4.79 Å². The Bertz CT molecular complexity index is 1030. The van der Waals surface area contributed by atoms with E-state index in [1.165, 1.54) is 23.5 Å². The number of hydrogen-bond donors (Lipinski definition) is 1. The maximum Gasteiger partial charge on any atom is 0.293 e. The molecule has 1 N–H and O–H groups in total. The Morgan fingerprint density at radius 2 is 1.87 bits per heavy atom. The second-order valence-corrected chi connectivity index (χ2v) is 7.81. The van der Waals surface area contributed by atoms with Gasteiger partial charge in [-0.15, -0.1) is 16.4 Å². The van der Waals surface area contributed by atoms with E-state index in [1.54, 1.807) is 28.8 Å². The molecule has 10 heteroatoms. The van der Waals surface area contributed by atoms with Crippen molar-refractivity contribution >= 4 is 23.2 Å². The van der Waals surface area contributed by atoms with Crippen molar-refractivity contribution in [3.8, 4) is 16.4 Å². The van der Waals surface area contributed by atoms with Gasteiger partial charge in [0, 0.05) is 33.2 Å². The predicted molar refractivity (Wildman–Crippen MR) is 111 cm³/mol. The van der Waals surface area contributed by atoms with E-state index in [4.69, 9.17) is 0 Å². The number of benzene rings is 1. The molecule has 0 bridgehead atoms. The average molecular weight is 428 g/mol. The van der Waals surface area contributed by atoms with Gasteiger partial charge < -0.3 is 10.2 Å². The lowest BCUT2D eigenvalue weighted by atomic mass is 10.3. The van der Waals surface area contributed by atoms with Gasteiger partial charge in [-0.2, -0.15) is 0 Å². The highest BCUT2D eigenvalue weighted by Crippen LogP contribution is 2.26. The quantitative estimate of drug-likeness (QED) is 0.668. The van der Waals surface area contributed by atoms with Crippen molar-refractivity contribution in [3.05, 3.63) is 53.4 Å². The third-order valence-electron chi connectivity index (χ3n) is 4.92. The molecule has 0 saturated carbocycles. The molecule has 0 atom stereocenters. The lowest BCUT2D eigenvalue weighted by molar-refractivity contribution is -0.122. The van der Waals surface area contributed by atoms with Gasteiger partial charge in [0.05, 0.1) is 17.1 Å². The fourth-order valence-electron chi connectivity index (χ4n) is 3.26. The normalized spacial score (nSPS) is 14.7. The largest absolute Gasteiger partial charge is 0.358 e. The van der Waals surface area contributed by atoms with Crippen molar-refractivity contribution < 1.29 is 14.0 Å². The minimum Gasteiger partial charge on any atom is -0.358 e. The van der Waals surface area contributed by atoms with E-state index in [9.17, 15) is 14.0 Å². The Balaban J connectivity index is 1.56. The van der Waals surface area contributed by atoms with Gasteiger partial charge in [0.1, 0.15) is 5.82 Å². The van der Waals surface area contributed by atoms with Gasteiger partial charge in [0.15, 0.2) is 5.82 Å². The van der Waals surface area contributed by atoms with Crippen LogP contribution in [0, 0.1) is 5.82 Å². The molecule has 4 rings (SSSR count). The smallest absolute Gasteiger partial charge is 0.293 e. The van der Waals surface area contributed by atoms with Crippen LogP contribution < -0.4 is 5.32 Å². The zero-order valence-corrected chi connectivity index (χ0v) is 17.2. The van der Waals surface area contributed by atoms with Gasteiger partial charge in [-0.25, -0.2) is 14.1 Å². The Morgan fingerprint density at radius 1 is 1.13 bits per heavy atom. The number of carbonyl (C=O) groups excluding carboxylic acids is 2. The molecule has 0 aliphatic carbocycles. The third kappa shape index (κ3) is 4.24. The van der Waals surface area contributed by atoms with Crippen molar-refractivity contribution in [1.29, 1.82) is 0 Å². The fraction of sp³-hybridized carbons (Fsp3) is 0.300. The summed E-state index contributed by atoms with van der Waals surface area (Å²) in [6.45, 7) is 2.52. The third-order valence-corrected chi connectivity index (χ3v) is 5.78. The number of likely N-dealkylation sites (N-methyl/N-ethyl adjacent to an activating group) is 1. The topological polar surface area (TPSA) is 83.4 Å². The second-order valence-electron chi connectivity index (χ2n) is 6.87. The van der Waals surface area contributed by atoms with Gasteiger partial charge in [0.2, 0.25) is 11.7 Å². The van der Waals surface area contributed by atoms with Crippen LogP contribution >= 0.6 is 11.3 Å². The fourth-order valence-corrected chi connectivity index (χ4v) is 3.96. The first-order chi connectivity index (χ1) is 14.5. The van der Waals surface area contributed by atoms with Gasteiger partial charge >= 0.3 is 0 Å². The molecule has 2 amide bonds. The van der Waals surface area contributed by atoms with E-state index in [1.807, 2.05) is 22.4 Å². The summed E-state index contributed by atoms with van der Waals surface area (Å²) in [4.78, 5) is 33.7.